The van der Waals surface area contributed by atoms with E-state index >= 15 is 0 Å². The molecule has 144 valence electrons. The summed E-state index contributed by atoms with van der Waals surface area (Å²) in [6, 6.07) is 6.32. The smallest absolute Gasteiger partial charge is 0.263 e. The largest absolute Gasteiger partial charge is 0.481 e. The van der Waals surface area contributed by atoms with Crippen molar-refractivity contribution in [1.82, 2.24) is 9.21 Å². The predicted octanol–water partition coefficient (Wildman–Crippen LogP) is 1.49. The van der Waals surface area contributed by atoms with Crippen molar-refractivity contribution in [1.29, 1.82) is 0 Å². The van der Waals surface area contributed by atoms with E-state index in [1.165, 1.54) is 4.31 Å². The lowest BCUT2D eigenvalue weighted by Gasteiger charge is -2.29. The molecule has 1 aromatic rings. The van der Waals surface area contributed by atoms with Crippen LogP contribution >= 0.6 is 0 Å². The van der Waals surface area contributed by atoms with Crippen LogP contribution < -0.4 is 4.74 Å². The van der Waals surface area contributed by atoms with E-state index in [4.69, 9.17) is 9.47 Å². The maximum absolute atomic E-state index is 12.6. The summed E-state index contributed by atoms with van der Waals surface area (Å²) in [6.07, 6.45) is 2.26. The molecule has 7 nitrogen and oxygen atoms in total. The predicted molar refractivity (Wildman–Crippen MR) is 96.5 cm³/mol. The maximum Gasteiger partial charge on any atom is 0.263 e. The molecule has 1 aromatic carbocycles. The standard InChI is InChI=1S/C18H26N2O5S/c1-15(18(21)19-11-13-24-14-12-19)25-16-5-7-17(8-6-16)26(22,23)20-9-3-2-4-10-20/h5-8,15H,2-4,9-14H2,1H3/t15-/m1/s1. The summed E-state index contributed by atoms with van der Waals surface area (Å²) in [5.74, 6) is 0.398. The molecule has 26 heavy (non-hydrogen) atoms. The SMILES string of the molecule is C[C@@H](Oc1ccc(S(=O)(=O)N2CCCCC2)cc1)C(=O)N1CCOCC1. The van der Waals surface area contributed by atoms with Crippen LogP contribution in [0.25, 0.3) is 0 Å². The summed E-state index contributed by atoms with van der Waals surface area (Å²) >= 11 is 0. The number of benzene rings is 1. The molecule has 2 aliphatic heterocycles. The minimum absolute atomic E-state index is 0.0849. The van der Waals surface area contributed by atoms with E-state index < -0.39 is 16.1 Å². The number of nitrogens with zero attached hydrogens (tertiary/aromatic N) is 2. The Kier molecular flexibility index (Phi) is 6.16. The lowest BCUT2D eigenvalue weighted by molar-refractivity contribution is -0.142. The van der Waals surface area contributed by atoms with Crippen molar-refractivity contribution in [2.75, 3.05) is 39.4 Å². The van der Waals surface area contributed by atoms with E-state index in [2.05, 4.69) is 0 Å². The molecule has 0 aromatic heterocycles. The average molecular weight is 382 g/mol. The van der Waals surface area contributed by atoms with Gasteiger partial charge in [-0.3, -0.25) is 4.79 Å². The van der Waals surface area contributed by atoms with Gasteiger partial charge in [-0.1, -0.05) is 6.42 Å². The van der Waals surface area contributed by atoms with Gasteiger partial charge in [0.2, 0.25) is 10.0 Å². The van der Waals surface area contributed by atoms with Gasteiger partial charge in [0.15, 0.2) is 6.10 Å². The van der Waals surface area contributed by atoms with Gasteiger partial charge in [-0.25, -0.2) is 8.42 Å². The molecular weight excluding hydrogens is 356 g/mol. The van der Waals surface area contributed by atoms with Crippen molar-refractivity contribution in [3.63, 3.8) is 0 Å². The zero-order valence-electron chi connectivity index (χ0n) is 15.1. The topological polar surface area (TPSA) is 76.2 Å². The fourth-order valence-electron chi connectivity index (χ4n) is 3.24. The van der Waals surface area contributed by atoms with Crippen molar-refractivity contribution < 1.29 is 22.7 Å². The van der Waals surface area contributed by atoms with Crippen LogP contribution in [0.1, 0.15) is 26.2 Å². The van der Waals surface area contributed by atoms with E-state index in [-0.39, 0.29) is 10.8 Å². The minimum atomic E-state index is -3.45. The number of hydrogen-bond acceptors (Lipinski definition) is 5. The van der Waals surface area contributed by atoms with E-state index in [9.17, 15) is 13.2 Å². The Morgan fingerprint density at radius 1 is 1.04 bits per heavy atom. The van der Waals surface area contributed by atoms with Gasteiger partial charge >= 0.3 is 0 Å². The van der Waals surface area contributed by atoms with Crippen LogP contribution in [-0.4, -0.2) is 69.0 Å². The van der Waals surface area contributed by atoms with Crippen molar-refractivity contribution in [3.05, 3.63) is 24.3 Å². The van der Waals surface area contributed by atoms with Gasteiger partial charge in [0.25, 0.3) is 5.91 Å². The third-order valence-corrected chi connectivity index (χ3v) is 6.67. The number of piperidine rings is 1. The molecule has 0 unspecified atom stereocenters. The first-order chi connectivity index (χ1) is 12.5. The number of morpholine rings is 1. The molecule has 2 heterocycles. The van der Waals surface area contributed by atoms with E-state index in [1.54, 1.807) is 36.1 Å². The van der Waals surface area contributed by atoms with Crippen LogP contribution in [0, 0.1) is 0 Å². The highest BCUT2D eigenvalue weighted by Crippen LogP contribution is 2.23. The molecule has 0 bridgehead atoms. The first-order valence-corrected chi connectivity index (χ1v) is 10.6. The molecule has 0 aliphatic carbocycles. The number of amides is 1. The Morgan fingerprint density at radius 3 is 2.27 bits per heavy atom. The summed E-state index contributed by atoms with van der Waals surface area (Å²) < 4.78 is 37.8. The number of ether oxygens (including phenoxy) is 2. The number of sulfonamides is 1. The molecule has 8 heteroatoms. The molecule has 2 saturated heterocycles. The average Bonchev–Trinajstić information content (AvgIpc) is 2.69. The molecule has 0 radical (unpaired) electrons. The Labute approximate surface area is 154 Å². The Balaban J connectivity index is 1.62. The summed E-state index contributed by atoms with van der Waals surface area (Å²) in [5, 5.41) is 0. The monoisotopic (exact) mass is 382 g/mol. The zero-order chi connectivity index (χ0) is 18.6. The third-order valence-electron chi connectivity index (χ3n) is 4.76. The van der Waals surface area contributed by atoms with Crippen LogP contribution in [0.3, 0.4) is 0 Å². The molecular formula is C18H26N2O5S. The fraction of sp³-hybridized carbons (Fsp3) is 0.611. The van der Waals surface area contributed by atoms with E-state index in [0.29, 0.717) is 45.1 Å². The number of rotatable bonds is 5. The Hall–Kier alpha value is -1.64. The minimum Gasteiger partial charge on any atom is -0.481 e. The highest BCUT2D eigenvalue weighted by Gasteiger charge is 2.27. The van der Waals surface area contributed by atoms with Crippen molar-refractivity contribution in [3.8, 4) is 5.75 Å². The molecule has 0 spiro atoms. The highest BCUT2D eigenvalue weighted by molar-refractivity contribution is 7.89. The Bertz CT molecular complexity index is 708. The molecule has 3 rings (SSSR count). The van der Waals surface area contributed by atoms with Gasteiger partial charge in [0, 0.05) is 26.2 Å². The van der Waals surface area contributed by atoms with Crippen molar-refractivity contribution in [2.45, 2.75) is 37.2 Å². The first kappa shape index (κ1) is 19.1. The maximum atomic E-state index is 12.6. The second-order valence-corrected chi connectivity index (χ2v) is 8.57. The molecule has 1 atom stereocenters. The van der Waals surface area contributed by atoms with Gasteiger partial charge in [-0.05, 0) is 44.0 Å². The van der Waals surface area contributed by atoms with Gasteiger partial charge in [-0.15, -0.1) is 0 Å². The van der Waals surface area contributed by atoms with Crippen LogP contribution in [0.4, 0.5) is 0 Å². The third kappa shape index (κ3) is 4.36. The normalized spacial score (nSPS) is 20.6. The van der Waals surface area contributed by atoms with E-state index in [1.807, 2.05) is 0 Å². The zero-order valence-corrected chi connectivity index (χ0v) is 15.9. The van der Waals surface area contributed by atoms with Gasteiger partial charge < -0.3 is 14.4 Å². The second-order valence-electron chi connectivity index (χ2n) is 6.63. The van der Waals surface area contributed by atoms with Gasteiger partial charge in [-0.2, -0.15) is 4.31 Å². The highest BCUT2D eigenvalue weighted by atomic mass is 32.2. The summed E-state index contributed by atoms with van der Waals surface area (Å²) in [7, 11) is -3.45. The van der Waals surface area contributed by atoms with Crippen LogP contribution in [0.5, 0.6) is 5.75 Å². The van der Waals surface area contributed by atoms with Gasteiger partial charge in [0.05, 0.1) is 18.1 Å². The quantitative estimate of drug-likeness (QED) is 0.771. The molecule has 0 saturated carbocycles. The molecule has 1 amide bonds. The lowest BCUT2D eigenvalue weighted by atomic mass is 10.2. The lowest BCUT2D eigenvalue weighted by Crippen LogP contribution is -2.46. The number of hydrogen-bond donors (Lipinski definition) is 0. The fourth-order valence-corrected chi connectivity index (χ4v) is 4.76. The number of carbonyl (C=O) groups is 1. The van der Waals surface area contributed by atoms with Crippen LogP contribution in [0.2, 0.25) is 0 Å². The number of carbonyl (C=O) groups excluding carboxylic acids is 1. The first-order valence-electron chi connectivity index (χ1n) is 9.12. The van der Waals surface area contributed by atoms with Crippen LogP contribution in [-0.2, 0) is 19.6 Å². The van der Waals surface area contributed by atoms with Crippen molar-refractivity contribution in [2.24, 2.45) is 0 Å². The second kappa shape index (κ2) is 8.37. The summed E-state index contributed by atoms with van der Waals surface area (Å²) in [6.45, 7) is 5.08. The van der Waals surface area contributed by atoms with Crippen LogP contribution in [0.15, 0.2) is 29.2 Å². The van der Waals surface area contributed by atoms with Crippen molar-refractivity contribution >= 4 is 15.9 Å². The van der Waals surface area contributed by atoms with E-state index in [0.717, 1.165) is 19.3 Å². The van der Waals surface area contributed by atoms with Gasteiger partial charge in [0.1, 0.15) is 5.75 Å². The summed E-state index contributed by atoms with van der Waals surface area (Å²) in [4.78, 5) is 14.4. The summed E-state index contributed by atoms with van der Waals surface area (Å²) in [5.41, 5.74) is 0. The molecule has 2 fully saturated rings. The molecule has 0 N–H and O–H groups in total. The molecule has 2 aliphatic rings. The Morgan fingerprint density at radius 2 is 1.65 bits per heavy atom.